The second-order valence-corrected chi connectivity index (χ2v) is 5.63. The molecular weight excluding hydrogens is 334 g/mol. The van der Waals surface area contributed by atoms with Crippen LogP contribution in [-0.2, 0) is 4.74 Å². The van der Waals surface area contributed by atoms with Gasteiger partial charge in [0.1, 0.15) is 0 Å². The Kier molecular flexibility index (Phi) is 7.14. The minimum absolute atomic E-state index is 0.279. The number of ether oxygens (including phenoxy) is 3. The lowest BCUT2D eigenvalue weighted by Crippen LogP contribution is -2.36. The van der Waals surface area contributed by atoms with Crippen LogP contribution in [0.3, 0.4) is 0 Å². The van der Waals surface area contributed by atoms with Crippen molar-refractivity contribution < 1.29 is 23.8 Å². The Bertz CT molecular complexity index is 703. The van der Waals surface area contributed by atoms with Crippen molar-refractivity contribution in [3.05, 3.63) is 48.5 Å². The summed E-state index contributed by atoms with van der Waals surface area (Å²) in [6.45, 7) is 8.32. The van der Waals surface area contributed by atoms with Crippen molar-refractivity contribution in [2.24, 2.45) is 0 Å². The molecule has 2 aromatic rings. The normalized spacial score (nSPS) is 10.3. The highest BCUT2D eigenvalue weighted by atomic mass is 16.7. The standard InChI is InChI=1S/C20H25NO5/c1-5-23-18-13-12-16(14-19(18)24-6-2)21(20(22)25-15(3)4)26-17-10-8-7-9-11-17/h7-15H,5-6H2,1-4H3. The number of benzene rings is 2. The van der Waals surface area contributed by atoms with Crippen LogP contribution >= 0.6 is 0 Å². The molecule has 0 aliphatic heterocycles. The number of anilines is 1. The van der Waals surface area contributed by atoms with Crippen molar-refractivity contribution in [1.29, 1.82) is 0 Å². The number of nitrogens with zero attached hydrogens (tertiary/aromatic N) is 1. The Morgan fingerprint density at radius 2 is 1.62 bits per heavy atom. The smallest absolute Gasteiger partial charge is 0.448 e. The first-order chi connectivity index (χ1) is 12.5. The first-order valence-electron chi connectivity index (χ1n) is 8.68. The molecule has 0 aliphatic carbocycles. The van der Waals surface area contributed by atoms with Crippen molar-refractivity contribution in [2.45, 2.75) is 33.8 Å². The highest BCUT2D eigenvalue weighted by molar-refractivity contribution is 5.86. The molecule has 0 N–H and O–H groups in total. The van der Waals surface area contributed by atoms with E-state index >= 15 is 0 Å². The Balaban J connectivity index is 2.36. The molecule has 0 aliphatic rings. The average Bonchev–Trinajstić information content (AvgIpc) is 2.62. The quantitative estimate of drug-likeness (QED) is 0.632. The monoisotopic (exact) mass is 359 g/mol. The minimum atomic E-state index is -0.615. The van der Waals surface area contributed by atoms with Gasteiger partial charge in [0, 0.05) is 6.07 Å². The van der Waals surface area contributed by atoms with Gasteiger partial charge in [-0.25, -0.2) is 4.79 Å². The highest BCUT2D eigenvalue weighted by Gasteiger charge is 2.23. The van der Waals surface area contributed by atoms with Gasteiger partial charge in [-0.2, -0.15) is 0 Å². The van der Waals surface area contributed by atoms with Gasteiger partial charge < -0.3 is 19.0 Å². The molecule has 0 unspecified atom stereocenters. The summed E-state index contributed by atoms with van der Waals surface area (Å²) in [5.74, 6) is 1.65. The van der Waals surface area contributed by atoms with Crippen LogP contribution in [0, 0.1) is 0 Å². The third-order valence-electron chi connectivity index (χ3n) is 3.20. The van der Waals surface area contributed by atoms with E-state index in [-0.39, 0.29) is 6.10 Å². The van der Waals surface area contributed by atoms with Gasteiger partial charge in [0.25, 0.3) is 0 Å². The summed E-state index contributed by atoms with van der Waals surface area (Å²) in [5.41, 5.74) is 0.478. The number of amides is 1. The number of hydrogen-bond donors (Lipinski definition) is 0. The van der Waals surface area contributed by atoms with E-state index in [0.717, 1.165) is 5.06 Å². The van der Waals surface area contributed by atoms with Crippen LogP contribution in [0.15, 0.2) is 48.5 Å². The molecule has 2 aromatic carbocycles. The van der Waals surface area contributed by atoms with E-state index < -0.39 is 6.09 Å². The van der Waals surface area contributed by atoms with Crippen molar-refractivity contribution in [1.82, 2.24) is 0 Å². The Morgan fingerprint density at radius 3 is 2.23 bits per heavy atom. The third-order valence-corrected chi connectivity index (χ3v) is 3.20. The van der Waals surface area contributed by atoms with E-state index in [9.17, 15) is 4.79 Å². The summed E-state index contributed by atoms with van der Waals surface area (Å²) in [6.07, 6.45) is -0.895. The first kappa shape index (κ1) is 19.4. The zero-order valence-corrected chi connectivity index (χ0v) is 15.6. The van der Waals surface area contributed by atoms with Crippen molar-refractivity contribution in [3.63, 3.8) is 0 Å². The van der Waals surface area contributed by atoms with Crippen molar-refractivity contribution >= 4 is 11.8 Å². The number of rotatable bonds is 8. The SMILES string of the molecule is CCOc1ccc(N(Oc2ccccc2)C(=O)OC(C)C)cc1OCC. The molecule has 26 heavy (non-hydrogen) atoms. The number of hydrogen-bond acceptors (Lipinski definition) is 5. The Hall–Kier alpha value is -2.89. The van der Waals surface area contributed by atoms with Gasteiger partial charge in [-0.3, -0.25) is 0 Å². The molecule has 0 saturated carbocycles. The lowest BCUT2D eigenvalue weighted by molar-refractivity contribution is 0.0998. The molecule has 2 rings (SSSR count). The summed E-state index contributed by atoms with van der Waals surface area (Å²) in [4.78, 5) is 18.3. The summed E-state index contributed by atoms with van der Waals surface area (Å²) in [6, 6.07) is 14.2. The van der Waals surface area contributed by atoms with Gasteiger partial charge in [-0.1, -0.05) is 18.2 Å². The molecule has 0 spiro atoms. The van der Waals surface area contributed by atoms with Gasteiger partial charge in [-0.15, -0.1) is 5.06 Å². The van der Waals surface area contributed by atoms with Gasteiger partial charge in [0.15, 0.2) is 17.2 Å². The fourth-order valence-electron chi connectivity index (χ4n) is 2.20. The second-order valence-electron chi connectivity index (χ2n) is 5.63. The van der Waals surface area contributed by atoms with Crippen LogP contribution in [0.4, 0.5) is 10.5 Å². The molecule has 0 saturated heterocycles. The Morgan fingerprint density at radius 1 is 0.962 bits per heavy atom. The van der Waals surface area contributed by atoms with E-state index in [4.69, 9.17) is 19.0 Å². The lowest BCUT2D eigenvalue weighted by atomic mass is 10.2. The first-order valence-corrected chi connectivity index (χ1v) is 8.68. The topological polar surface area (TPSA) is 57.2 Å². The van der Waals surface area contributed by atoms with Crippen LogP contribution in [0.1, 0.15) is 27.7 Å². The highest BCUT2D eigenvalue weighted by Crippen LogP contribution is 2.33. The Labute approximate surface area is 154 Å². The van der Waals surface area contributed by atoms with Crippen molar-refractivity contribution in [2.75, 3.05) is 18.3 Å². The molecular formula is C20H25NO5. The molecule has 6 nitrogen and oxygen atoms in total. The number of carbonyl (C=O) groups excluding carboxylic acids is 1. The zero-order chi connectivity index (χ0) is 18.9. The van der Waals surface area contributed by atoms with E-state index in [1.807, 2.05) is 32.0 Å². The number of para-hydroxylation sites is 1. The maximum Gasteiger partial charge on any atom is 0.448 e. The average molecular weight is 359 g/mol. The van der Waals surface area contributed by atoms with Gasteiger partial charge in [0.05, 0.1) is 25.0 Å². The molecule has 0 atom stereocenters. The molecule has 0 heterocycles. The maximum absolute atomic E-state index is 12.5. The molecule has 0 fully saturated rings. The molecule has 0 radical (unpaired) electrons. The van der Waals surface area contributed by atoms with Crippen LogP contribution in [-0.4, -0.2) is 25.4 Å². The fraction of sp³-hybridized carbons (Fsp3) is 0.350. The fourth-order valence-corrected chi connectivity index (χ4v) is 2.20. The van der Waals surface area contributed by atoms with E-state index in [1.165, 1.54) is 0 Å². The second kappa shape index (κ2) is 9.56. The van der Waals surface area contributed by atoms with Crippen LogP contribution in [0.2, 0.25) is 0 Å². The summed E-state index contributed by atoms with van der Waals surface area (Å²) >= 11 is 0. The third kappa shape index (κ3) is 5.31. The lowest BCUT2D eigenvalue weighted by Gasteiger charge is -2.24. The van der Waals surface area contributed by atoms with Crippen LogP contribution in [0.5, 0.6) is 17.2 Å². The van der Waals surface area contributed by atoms with Crippen LogP contribution < -0.4 is 19.4 Å². The number of hydroxylamine groups is 1. The predicted molar refractivity (Wildman–Crippen MR) is 99.9 cm³/mol. The van der Waals surface area contributed by atoms with Crippen molar-refractivity contribution in [3.8, 4) is 17.2 Å². The summed E-state index contributed by atoms with van der Waals surface area (Å²) in [7, 11) is 0. The zero-order valence-electron chi connectivity index (χ0n) is 15.6. The van der Waals surface area contributed by atoms with Gasteiger partial charge in [0.2, 0.25) is 0 Å². The largest absolute Gasteiger partial charge is 0.490 e. The molecule has 0 bridgehead atoms. The molecule has 1 amide bonds. The van der Waals surface area contributed by atoms with E-state index in [2.05, 4.69) is 0 Å². The number of carbonyl (C=O) groups is 1. The molecule has 140 valence electrons. The minimum Gasteiger partial charge on any atom is -0.490 e. The van der Waals surface area contributed by atoms with Gasteiger partial charge >= 0.3 is 6.09 Å². The summed E-state index contributed by atoms with van der Waals surface area (Å²) in [5, 5.41) is 1.10. The predicted octanol–water partition coefficient (Wildman–Crippen LogP) is 4.83. The van der Waals surface area contributed by atoms with Crippen LogP contribution in [0.25, 0.3) is 0 Å². The van der Waals surface area contributed by atoms with E-state index in [1.54, 1.807) is 44.2 Å². The van der Waals surface area contributed by atoms with E-state index in [0.29, 0.717) is 36.1 Å². The maximum atomic E-state index is 12.5. The summed E-state index contributed by atoms with van der Waals surface area (Å²) < 4.78 is 16.5. The molecule has 0 aromatic heterocycles. The van der Waals surface area contributed by atoms with Gasteiger partial charge in [-0.05, 0) is 52.0 Å². The molecule has 6 heteroatoms.